The number of rotatable bonds is 7. The molecule has 0 spiro atoms. The van der Waals surface area contributed by atoms with E-state index in [1.165, 1.54) is 7.11 Å². The average molecular weight is 446 g/mol. The highest BCUT2D eigenvalue weighted by Gasteiger charge is 2.39. The van der Waals surface area contributed by atoms with Gasteiger partial charge in [0.1, 0.15) is 6.10 Å². The molecule has 1 radical (unpaired) electrons. The number of hydrogen-bond donors (Lipinski definition) is 2. The zero-order valence-corrected chi connectivity index (χ0v) is 20.6. The molecule has 2 N–H and O–H groups in total. The van der Waals surface area contributed by atoms with Crippen LogP contribution in [0.1, 0.15) is 58.1 Å². The molecule has 7 heteroatoms. The summed E-state index contributed by atoms with van der Waals surface area (Å²) in [6, 6.07) is 5.50. The Labute approximate surface area is 187 Å². The van der Waals surface area contributed by atoms with Gasteiger partial charge in [0.15, 0.2) is 0 Å². The number of benzene rings is 1. The molecule has 6 nitrogen and oxygen atoms in total. The first-order valence-electron chi connectivity index (χ1n) is 11.2. The van der Waals surface area contributed by atoms with Gasteiger partial charge in [0, 0.05) is 5.56 Å². The van der Waals surface area contributed by atoms with Crippen molar-refractivity contribution in [1.29, 1.82) is 0 Å². The smallest absolute Gasteiger partial charge is 0.232 e. The van der Waals surface area contributed by atoms with E-state index in [1.807, 2.05) is 18.2 Å². The van der Waals surface area contributed by atoms with E-state index in [9.17, 15) is 10.2 Å². The summed E-state index contributed by atoms with van der Waals surface area (Å²) in [6.45, 7) is 11.1. The molecule has 0 bridgehead atoms. The van der Waals surface area contributed by atoms with Gasteiger partial charge >= 0.3 is 0 Å². The van der Waals surface area contributed by atoms with Gasteiger partial charge in [-0.3, -0.25) is 0 Å². The predicted molar refractivity (Wildman–Crippen MR) is 124 cm³/mol. The molecule has 1 aromatic carbocycles. The molecule has 0 aliphatic heterocycles. The van der Waals surface area contributed by atoms with Crippen LogP contribution in [0.4, 0.5) is 0 Å². The Bertz CT molecular complexity index is 862. The minimum absolute atomic E-state index is 0.0497. The molecule has 1 aromatic heterocycles. The Morgan fingerprint density at radius 1 is 1.06 bits per heavy atom. The number of methoxy groups -OCH3 is 1. The van der Waals surface area contributed by atoms with Crippen LogP contribution in [0.3, 0.4) is 0 Å². The average Bonchev–Trinajstić information content (AvgIpc) is 2.75. The summed E-state index contributed by atoms with van der Waals surface area (Å²) in [4.78, 5) is 8.81. The molecular formula is C24H37N2O4Si. The maximum Gasteiger partial charge on any atom is 0.232 e. The van der Waals surface area contributed by atoms with Crippen molar-refractivity contribution < 1.29 is 19.4 Å². The van der Waals surface area contributed by atoms with Gasteiger partial charge in [-0.15, -0.1) is 0 Å². The minimum atomic E-state index is -1.01. The quantitative estimate of drug-likeness (QED) is 0.610. The summed E-state index contributed by atoms with van der Waals surface area (Å²) in [6.07, 6.45) is 3.72. The van der Waals surface area contributed by atoms with Crippen LogP contribution in [0.5, 0.6) is 5.88 Å². The van der Waals surface area contributed by atoms with E-state index in [0.29, 0.717) is 28.4 Å². The topological polar surface area (TPSA) is 84.7 Å². The lowest BCUT2D eigenvalue weighted by Gasteiger charge is -2.42. The van der Waals surface area contributed by atoms with E-state index >= 15 is 0 Å². The molecule has 0 amide bonds. The van der Waals surface area contributed by atoms with Gasteiger partial charge in [-0.25, -0.2) is 9.97 Å². The number of aliphatic hydroxyl groups excluding tert-OH is 2. The molecule has 3 atom stereocenters. The van der Waals surface area contributed by atoms with E-state index in [1.54, 1.807) is 6.20 Å². The van der Waals surface area contributed by atoms with Crippen molar-refractivity contribution in [2.45, 2.75) is 77.9 Å². The second-order valence-electron chi connectivity index (χ2n) is 10.1. The van der Waals surface area contributed by atoms with Gasteiger partial charge in [-0.1, -0.05) is 32.9 Å². The summed E-state index contributed by atoms with van der Waals surface area (Å²) < 4.78 is 11.6. The Hall–Kier alpha value is -1.54. The highest BCUT2D eigenvalue weighted by molar-refractivity contribution is 6.48. The fourth-order valence-corrected chi connectivity index (χ4v) is 5.89. The largest absolute Gasteiger partial charge is 0.480 e. The first-order valence-corrected chi connectivity index (χ1v) is 13.6. The lowest BCUT2D eigenvalue weighted by atomic mass is 9.70. The summed E-state index contributed by atoms with van der Waals surface area (Å²) in [5.74, 6) is 0.935. The highest BCUT2D eigenvalue weighted by atomic mass is 28.3. The molecule has 31 heavy (non-hydrogen) atoms. The third-order valence-electron chi connectivity index (χ3n) is 6.38. The van der Waals surface area contributed by atoms with Crippen LogP contribution < -0.4 is 4.74 Å². The lowest BCUT2D eigenvalue weighted by molar-refractivity contribution is -0.0471. The van der Waals surface area contributed by atoms with Gasteiger partial charge in [0.05, 0.1) is 36.5 Å². The monoisotopic (exact) mass is 445 g/mol. The van der Waals surface area contributed by atoms with E-state index in [-0.39, 0.29) is 17.4 Å². The number of aromatic nitrogens is 2. The van der Waals surface area contributed by atoms with Crippen molar-refractivity contribution in [3.63, 3.8) is 0 Å². The molecule has 171 valence electrons. The third-order valence-corrected chi connectivity index (χ3v) is 7.10. The van der Waals surface area contributed by atoms with Gasteiger partial charge in [0.25, 0.3) is 0 Å². The number of aliphatic hydroxyl groups is 2. The Kier molecular flexibility index (Phi) is 7.73. The molecule has 2 aromatic rings. The second kappa shape index (κ2) is 9.94. The molecule has 1 heterocycles. The summed E-state index contributed by atoms with van der Waals surface area (Å²) >= 11 is 0. The van der Waals surface area contributed by atoms with E-state index in [2.05, 4.69) is 43.8 Å². The van der Waals surface area contributed by atoms with Crippen LogP contribution in [-0.4, -0.2) is 48.5 Å². The maximum atomic E-state index is 11.1. The highest BCUT2D eigenvalue weighted by Crippen LogP contribution is 2.41. The Morgan fingerprint density at radius 2 is 1.71 bits per heavy atom. The molecule has 1 fully saturated rings. The van der Waals surface area contributed by atoms with Crippen LogP contribution in [0, 0.1) is 17.3 Å². The van der Waals surface area contributed by atoms with Crippen molar-refractivity contribution >= 4 is 20.1 Å². The Balaban J connectivity index is 1.72. The normalized spacial score (nSPS) is 23.0. The maximum absolute atomic E-state index is 11.1. The number of para-hydroxylation sites is 1. The van der Waals surface area contributed by atoms with Gasteiger partial charge < -0.3 is 19.4 Å². The number of nitrogens with zero attached hydrogens (tertiary/aromatic N) is 2. The standard InChI is InChI=1S/C24H37N2O4Si/c1-24(2,3)23(30-31(5)6)16-12-10-15(11-13-16)21(27)22(28)17-8-7-9-18-20(17)26-19(29-4)14-25-18/h7-9,14-16,21-23,27-28H,10-13H2,1-6H3/t15?,16?,21-,22-,23?/m1/s1. The van der Waals surface area contributed by atoms with E-state index in [4.69, 9.17) is 9.16 Å². The lowest BCUT2D eigenvalue weighted by Crippen LogP contribution is -2.42. The fourth-order valence-electron chi connectivity index (χ4n) is 4.84. The summed E-state index contributed by atoms with van der Waals surface area (Å²) in [5, 5.41) is 22.1. The van der Waals surface area contributed by atoms with E-state index in [0.717, 1.165) is 25.7 Å². The Morgan fingerprint density at radius 3 is 2.29 bits per heavy atom. The predicted octanol–water partition coefficient (Wildman–Crippen LogP) is 4.52. The van der Waals surface area contributed by atoms with E-state index < -0.39 is 21.2 Å². The molecule has 0 saturated heterocycles. The first kappa shape index (κ1) is 24.1. The van der Waals surface area contributed by atoms with Crippen LogP contribution in [-0.2, 0) is 4.43 Å². The van der Waals surface area contributed by atoms with Crippen LogP contribution in [0.25, 0.3) is 11.0 Å². The zero-order chi connectivity index (χ0) is 22.8. The molecule has 1 aliphatic rings. The molecule has 1 aliphatic carbocycles. The van der Waals surface area contributed by atoms with Crippen LogP contribution in [0.15, 0.2) is 24.4 Å². The van der Waals surface area contributed by atoms with Crippen molar-refractivity contribution in [3.05, 3.63) is 30.0 Å². The zero-order valence-electron chi connectivity index (χ0n) is 19.6. The molecule has 1 unspecified atom stereocenters. The second-order valence-corrected chi connectivity index (χ2v) is 12.1. The molecule has 3 rings (SSSR count). The number of fused-ring (bicyclic) bond motifs is 1. The van der Waals surface area contributed by atoms with Crippen molar-refractivity contribution in [2.75, 3.05) is 7.11 Å². The molecule has 1 saturated carbocycles. The van der Waals surface area contributed by atoms with Gasteiger partial charge in [-0.2, -0.15) is 0 Å². The summed E-state index contributed by atoms with van der Waals surface area (Å²) in [5.41, 5.74) is 1.94. The van der Waals surface area contributed by atoms with Crippen LogP contribution >= 0.6 is 0 Å². The van der Waals surface area contributed by atoms with Crippen molar-refractivity contribution in [2.24, 2.45) is 17.3 Å². The van der Waals surface area contributed by atoms with Crippen molar-refractivity contribution in [3.8, 4) is 5.88 Å². The first-order chi connectivity index (χ1) is 14.6. The third kappa shape index (κ3) is 5.63. The molecular weight excluding hydrogens is 408 g/mol. The van der Waals surface area contributed by atoms with Gasteiger partial charge in [-0.05, 0) is 62.1 Å². The van der Waals surface area contributed by atoms with Crippen LogP contribution in [0.2, 0.25) is 13.1 Å². The van der Waals surface area contributed by atoms with Gasteiger partial charge in [0.2, 0.25) is 14.9 Å². The summed E-state index contributed by atoms with van der Waals surface area (Å²) in [7, 11) is 0.758. The number of hydrogen-bond acceptors (Lipinski definition) is 6. The fraction of sp³-hybridized carbons (Fsp3) is 0.667. The minimum Gasteiger partial charge on any atom is -0.480 e. The number of ether oxygens (including phenoxy) is 1. The SMILES string of the molecule is COc1cnc2cccc([C@@H](O)[C@H](O)C3CCC(C(O[Si](C)C)C(C)(C)C)CC3)c2n1. The van der Waals surface area contributed by atoms with Crippen molar-refractivity contribution in [1.82, 2.24) is 9.97 Å².